The summed E-state index contributed by atoms with van der Waals surface area (Å²) >= 11 is 7.40. The molecule has 0 saturated heterocycles. The molecule has 0 bridgehead atoms. The highest BCUT2D eigenvalue weighted by Crippen LogP contribution is 2.32. The summed E-state index contributed by atoms with van der Waals surface area (Å²) in [6.07, 6.45) is -1.33. The maximum atomic E-state index is 12.5. The van der Waals surface area contributed by atoms with Crippen LogP contribution < -0.4 is 0 Å². The molecule has 0 aromatic carbocycles. The van der Waals surface area contributed by atoms with Crippen LogP contribution in [0.15, 0.2) is 6.20 Å². The van der Waals surface area contributed by atoms with E-state index in [9.17, 15) is 8.78 Å². The summed E-state index contributed by atoms with van der Waals surface area (Å²) in [6.45, 7) is 0. The summed E-state index contributed by atoms with van der Waals surface area (Å²) in [5.41, 5.74) is 0.0462. The van der Waals surface area contributed by atoms with E-state index in [-0.39, 0.29) is 20.7 Å². The molecule has 1 heterocycles. The predicted molar refractivity (Wildman–Crippen MR) is 56.2 cm³/mol. The third kappa shape index (κ3) is 2.30. The molecule has 0 aliphatic carbocycles. The van der Waals surface area contributed by atoms with Crippen molar-refractivity contribution in [2.24, 2.45) is 0 Å². The molecule has 2 nitrogen and oxygen atoms in total. The Balaban J connectivity index is 3.28. The Labute approximate surface area is 98.0 Å². The second kappa shape index (κ2) is 4.84. The van der Waals surface area contributed by atoms with Gasteiger partial charge in [-0.1, -0.05) is 11.6 Å². The zero-order valence-corrected chi connectivity index (χ0v) is 9.68. The lowest BCUT2D eigenvalue weighted by molar-refractivity contribution is 0.150. The number of alkyl halides is 2. The second-order valence-corrected chi connectivity index (χ2v) is 3.84. The summed E-state index contributed by atoms with van der Waals surface area (Å²) in [5.74, 6) is 0. The van der Waals surface area contributed by atoms with Crippen LogP contribution in [-0.4, -0.2) is 4.98 Å². The SMILES string of the molecule is N#CCc1cnc(I)c(C(F)F)c1Cl. The highest BCUT2D eigenvalue weighted by atomic mass is 127. The molecule has 0 aliphatic heterocycles. The van der Waals surface area contributed by atoms with Crippen LogP contribution in [0.5, 0.6) is 0 Å². The minimum Gasteiger partial charge on any atom is -0.249 e. The normalized spacial score (nSPS) is 10.3. The average molecular weight is 328 g/mol. The highest BCUT2D eigenvalue weighted by molar-refractivity contribution is 14.1. The molecule has 0 spiro atoms. The van der Waals surface area contributed by atoms with Gasteiger partial charge in [-0.3, -0.25) is 0 Å². The molecule has 0 radical (unpaired) electrons. The van der Waals surface area contributed by atoms with Gasteiger partial charge in [-0.15, -0.1) is 0 Å². The van der Waals surface area contributed by atoms with Crippen molar-refractivity contribution in [1.82, 2.24) is 4.98 Å². The van der Waals surface area contributed by atoms with Gasteiger partial charge in [0.05, 0.1) is 23.1 Å². The van der Waals surface area contributed by atoms with Crippen LogP contribution in [0.25, 0.3) is 0 Å². The molecule has 1 aromatic rings. The number of hydrogen-bond donors (Lipinski definition) is 0. The molecule has 0 fully saturated rings. The van der Waals surface area contributed by atoms with Gasteiger partial charge in [0.1, 0.15) is 3.70 Å². The lowest BCUT2D eigenvalue weighted by Gasteiger charge is -2.07. The van der Waals surface area contributed by atoms with Crippen molar-refractivity contribution in [3.8, 4) is 6.07 Å². The number of nitrogens with zero attached hydrogens (tertiary/aromatic N) is 2. The van der Waals surface area contributed by atoms with Crippen LogP contribution >= 0.6 is 34.2 Å². The lowest BCUT2D eigenvalue weighted by atomic mass is 10.1. The first-order chi connectivity index (χ1) is 6.57. The Kier molecular flexibility index (Phi) is 4.01. The number of hydrogen-bond acceptors (Lipinski definition) is 2. The molecule has 0 saturated carbocycles. The van der Waals surface area contributed by atoms with Gasteiger partial charge in [-0.05, 0) is 22.6 Å². The van der Waals surface area contributed by atoms with E-state index in [1.165, 1.54) is 6.20 Å². The fourth-order valence-electron chi connectivity index (χ4n) is 0.919. The van der Waals surface area contributed by atoms with Crippen LogP contribution in [0.2, 0.25) is 5.02 Å². The Morgan fingerprint density at radius 2 is 2.29 bits per heavy atom. The molecule has 1 aromatic heterocycles. The lowest BCUT2D eigenvalue weighted by Crippen LogP contribution is -1.98. The maximum Gasteiger partial charge on any atom is 0.267 e. The van der Waals surface area contributed by atoms with Crippen molar-refractivity contribution in [3.63, 3.8) is 0 Å². The van der Waals surface area contributed by atoms with Crippen LogP contribution in [0.1, 0.15) is 17.6 Å². The first-order valence-electron chi connectivity index (χ1n) is 3.55. The van der Waals surface area contributed by atoms with E-state index in [0.717, 1.165) is 0 Å². The highest BCUT2D eigenvalue weighted by Gasteiger charge is 2.19. The van der Waals surface area contributed by atoms with Crippen LogP contribution in [0.3, 0.4) is 0 Å². The second-order valence-electron chi connectivity index (χ2n) is 2.44. The van der Waals surface area contributed by atoms with Gasteiger partial charge in [0.2, 0.25) is 0 Å². The van der Waals surface area contributed by atoms with Crippen molar-refractivity contribution in [1.29, 1.82) is 5.26 Å². The predicted octanol–water partition coefficient (Wildman–Crippen LogP) is 3.34. The van der Waals surface area contributed by atoms with Crippen molar-refractivity contribution < 1.29 is 8.78 Å². The van der Waals surface area contributed by atoms with Gasteiger partial charge < -0.3 is 0 Å². The molecular weight excluding hydrogens is 324 g/mol. The maximum absolute atomic E-state index is 12.5. The van der Waals surface area contributed by atoms with Crippen LogP contribution in [0.4, 0.5) is 8.78 Å². The number of nitriles is 1. The molecule has 0 atom stereocenters. The molecular formula is C8H4ClF2IN2. The monoisotopic (exact) mass is 328 g/mol. The molecule has 0 aliphatic rings. The third-order valence-corrected chi connectivity index (χ3v) is 2.87. The van der Waals surface area contributed by atoms with Crippen LogP contribution in [0, 0.1) is 15.0 Å². The van der Waals surface area contributed by atoms with Crippen molar-refractivity contribution >= 4 is 34.2 Å². The van der Waals surface area contributed by atoms with Gasteiger partial charge in [-0.2, -0.15) is 5.26 Å². The average Bonchev–Trinajstić information content (AvgIpc) is 2.10. The molecule has 0 amide bonds. The van der Waals surface area contributed by atoms with E-state index < -0.39 is 6.43 Å². The van der Waals surface area contributed by atoms with Crippen LogP contribution in [-0.2, 0) is 6.42 Å². The zero-order chi connectivity index (χ0) is 10.7. The molecule has 14 heavy (non-hydrogen) atoms. The summed E-state index contributed by atoms with van der Waals surface area (Å²) in [4.78, 5) is 3.75. The summed E-state index contributed by atoms with van der Waals surface area (Å²) in [7, 11) is 0. The molecule has 0 unspecified atom stereocenters. The van der Waals surface area contributed by atoms with E-state index in [1.807, 2.05) is 6.07 Å². The first-order valence-corrected chi connectivity index (χ1v) is 5.01. The zero-order valence-electron chi connectivity index (χ0n) is 6.77. The number of rotatable bonds is 2. The minimum atomic E-state index is -2.67. The third-order valence-electron chi connectivity index (χ3n) is 1.56. The molecule has 1 rings (SSSR count). The Morgan fingerprint density at radius 1 is 1.64 bits per heavy atom. The van der Waals surface area contributed by atoms with E-state index in [2.05, 4.69) is 4.98 Å². The smallest absolute Gasteiger partial charge is 0.249 e. The molecule has 74 valence electrons. The summed E-state index contributed by atoms with van der Waals surface area (Å²) in [5, 5.41) is 8.36. The standard InChI is InChI=1S/C8H4ClF2IN2/c9-6-4(1-2-13)3-14-8(12)5(6)7(10)11/h3,7H,1H2. The van der Waals surface area contributed by atoms with Gasteiger partial charge in [0.25, 0.3) is 6.43 Å². The Bertz CT molecular complexity index is 390. The summed E-state index contributed by atoms with van der Waals surface area (Å²) < 4.78 is 25.2. The molecule has 0 N–H and O–H groups in total. The number of pyridine rings is 1. The summed E-state index contributed by atoms with van der Waals surface area (Å²) in [6, 6.07) is 1.84. The number of halogens is 4. The largest absolute Gasteiger partial charge is 0.267 e. The Morgan fingerprint density at radius 3 is 2.79 bits per heavy atom. The first kappa shape index (κ1) is 11.6. The van der Waals surface area contributed by atoms with E-state index >= 15 is 0 Å². The minimum absolute atomic E-state index is 0.0114. The van der Waals surface area contributed by atoms with Gasteiger partial charge in [-0.25, -0.2) is 13.8 Å². The van der Waals surface area contributed by atoms with Crippen molar-refractivity contribution in [2.75, 3.05) is 0 Å². The van der Waals surface area contributed by atoms with E-state index in [0.29, 0.717) is 5.56 Å². The van der Waals surface area contributed by atoms with Crippen molar-refractivity contribution in [2.45, 2.75) is 12.8 Å². The van der Waals surface area contributed by atoms with E-state index in [4.69, 9.17) is 16.9 Å². The fourth-order valence-corrected chi connectivity index (χ4v) is 2.01. The fraction of sp³-hybridized carbons (Fsp3) is 0.250. The quantitative estimate of drug-likeness (QED) is 0.617. The number of aromatic nitrogens is 1. The van der Waals surface area contributed by atoms with E-state index in [1.54, 1.807) is 22.6 Å². The topological polar surface area (TPSA) is 36.7 Å². The van der Waals surface area contributed by atoms with Gasteiger partial charge in [0.15, 0.2) is 0 Å². The van der Waals surface area contributed by atoms with Gasteiger partial charge in [0, 0.05) is 11.8 Å². The molecule has 6 heteroatoms. The Hall–Kier alpha value is -0.480. The van der Waals surface area contributed by atoms with Gasteiger partial charge >= 0.3 is 0 Å². The van der Waals surface area contributed by atoms with Crippen molar-refractivity contribution in [3.05, 3.63) is 26.0 Å².